The van der Waals surface area contributed by atoms with E-state index < -0.39 is 0 Å². The molecule has 0 nitrogen and oxygen atoms in total. The first-order valence-electron chi connectivity index (χ1n) is 6.05. The molecular formula is C13H22. The monoisotopic (exact) mass is 178 g/mol. The van der Waals surface area contributed by atoms with Crippen molar-refractivity contribution >= 4 is 0 Å². The maximum absolute atomic E-state index is 2.55. The number of rotatable bonds is 1. The minimum absolute atomic E-state index is 0.960. The predicted octanol–water partition coefficient (Wildman–Crippen LogP) is 4.31. The van der Waals surface area contributed by atoms with Gasteiger partial charge in [-0.2, -0.15) is 0 Å². The average Bonchev–Trinajstić information content (AvgIpc) is 2.19. The Morgan fingerprint density at radius 2 is 1.85 bits per heavy atom. The van der Waals surface area contributed by atoms with Gasteiger partial charge in [0.2, 0.25) is 0 Å². The molecule has 1 fully saturated rings. The van der Waals surface area contributed by atoms with E-state index in [-0.39, 0.29) is 0 Å². The lowest BCUT2D eigenvalue weighted by molar-refractivity contribution is 0.368. The third-order valence-electron chi connectivity index (χ3n) is 3.78. The summed E-state index contributed by atoms with van der Waals surface area (Å²) in [6.07, 6.45) is 14.2. The summed E-state index contributed by atoms with van der Waals surface area (Å²) in [6.45, 7) is 2.41. The number of hydrogen-bond donors (Lipinski definition) is 0. The van der Waals surface area contributed by atoms with Crippen molar-refractivity contribution < 1.29 is 0 Å². The van der Waals surface area contributed by atoms with Gasteiger partial charge in [0.05, 0.1) is 0 Å². The zero-order valence-corrected chi connectivity index (χ0v) is 8.89. The van der Waals surface area contributed by atoms with Crippen LogP contribution >= 0.6 is 0 Å². The summed E-state index contributed by atoms with van der Waals surface area (Å²) >= 11 is 0. The van der Waals surface area contributed by atoms with Gasteiger partial charge >= 0.3 is 0 Å². The van der Waals surface area contributed by atoms with Gasteiger partial charge < -0.3 is 0 Å². The predicted molar refractivity (Wildman–Crippen MR) is 57.7 cm³/mol. The fraction of sp³-hybridized carbons (Fsp3) is 0.846. The molecular weight excluding hydrogens is 156 g/mol. The van der Waals surface area contributed by atoms with E-state index in [1.54, 1.807) is 0 Å². The van der Waals surface area contributed by atoms with Gasteiger partial charge in [0, 0.05) is 0 Å². The van der Waals surface area contributed by atoms with E-state index in [0.29, 0.717) is 0 Å². The standard InChI is InChI=1S/C13H22/c1-11-6-5-9-13(10-11)12-7-3-2-4-8-12/h9,11-12H,2-8,10H2,1H3. The molecule has 0 aliphatic heterocycles. The average molecular weight is 178 g/mol. The summed E-state index contributed by atoms with van der Waals surface area (Å²) in [5.41, 5.74) is 1.82. The Morgan fingerprint density at radius 1 is 1.08 bits per heavy atom. The van der Waals surface area contributed by atoms with E-state index in [9.17, 15) is 0 Å². The molecule has 0 heterocycles. The lowest BCUT2D eigenvalue weighted by atomic mass is 9.77. The normalized spacial score (nSPS) is 31.5. The molecule has 0 radical (unpaired) electrons. The van der Waals surface area contributed by atoms with Gasteiger partial charge in [0.1, 0.15) is 0 Å². The van der Waals surface area contributed by atoms with Gasteiger partial charge in [-0.25, -0.2) is 0 Å². The first kappa shape index (κ1) is 9.30. The van der Waals surface area contributed by atoms with E-state index in [1.807, 2.05) is 5.57 Å². The van der Waals surface area contributed by atoms with E-state index >= 15 is 0 Å². The van der Waals surface area contributed by atoms with Crippen molar-refractivity contribution in [2.75, 3.05) is 0 Å². The molecule has 0 N–H and O–H groups in total. The van der Waals surface area contributed by atoms with Crippen LogP contribution in [0.2, 0.25) is 0 Å². The highest BCUT2D eigenvalue weighted by molar-refractivity contribution is 5.11. The summed E-state index contributed by atoms with van der Waals surface area (Å²) in [7, 11) is 0. The molecule has 0 spiro atoms. The van der Waals surface area contributed by atoms with Gasteiger partial charge in [-0.15, -0.1) is 0 Å². The van der Waals surface area contributed by atoms with Crippen molar-refractivity contribution in [1.82, 2.24) is 0 Å². The quantitative estimate of drug-likeness (QED) is 0.525. The molecule has 0 heteroatoms. The van der Waals surface area contributed by atoms with Crippen molar-refractivity contribution in [2.24, 2.45) is 11.8 Å². The molecule has 1 unspecified atom stereocenters. The molecule has 2 rings (SSSR count). The van der Waals surface area contributed by atoms with Crippen molar-refractivity contribution in [2.45, 2.75) is 58.3 Å². The molecule has 0 aromatic rings. The number of allylic oxidation sites excluding steroid dienone is 2. The highest BCUT2D eigenvalue weighted by atomic mass is 14.3. The van der Waals surface area contributed by atoms with Crippen molar-refractivity contribution in [3.05, 3.63) is 11.6 Å². The second-order valence-electron chi connectivity index (χ2n) is 5.00. The van der Waals surface area contributed by atoms with Crippen LogP contribution in [-0.4, -0.2) is 0 Å². The summed E-state index contributed by atoms with van der Waals surface area (Å²) in [6, 6.07) is 0. The zero-order chi connectivity index (χ0) is 9.10. The maximum atomic E-state index is 2.55. The molecule has 0 saturated heterocycles. The summed E-state index contributed by atoms with van der Waals surface area (Å²) < 4.78 is 0. The molecule has 1 atom stereocenters. The van der Waals surface area contributed by atoms with Crippen LogP contribution in [0.5, 0.6) is 0 Å². The van der Waals surface area contributed by atoms with Crippen LogP contribution in [0.25, 0.3) is 0 Å². The fourth-order valence-electron chi connectivity index (χ4n) is 2.95. The third-order valence-corrected chi connectivity index (χ3v) is 3.78. The minimum atomic E-state index is 0.960. The van der Waals surface area contributed by atoms with Crippen LogP contribution in [0.4, 0.5) is 0 Å². The van der Waals surface area contributed by atoms with Gasteiger partial charge in [-0.05, 0) is 43.9 Å². The molecule has 2 aliphatic rings. The fourth-order valence-corrected chi connectivity index (χ4v) is 2.95. The second-order valence-corrected chi connectivity index (χ2v) is 5.00. The molecule has 0 aromatic heterocycles. The lowest BCUT2D eigenvalue weighted by Gasteiger charge is -2.29. The third kappa shape index (κ3) is 2.36. The van der Waals surface area contributed by atoms with Crippen LogP contribution in [0.1, 0.15) is 58.3 Å². The highest BCUT2D eigenvalue weighted by Crippen LogP contribution is 2.36. The topological polar surface area (TPSA) is 0 Å². The first-order chi connectivity index (χ1) is 6.36. The van der Waals surface area contributed by atoms with Gasteiger partial charge in [0.15, 0.2) is 0 Å². The van der Waals surface area contributed by atoms with Crippen molar-refractivity contribution in [1.29, 1.82) is 0 Å². The molecule has 2 aliphatic carbocycles. The number of hydrogen-bond acceptors (Lipinski definition) is 0. The van der Waals surface area contributed by atoms with Crippen LogP contribution in [0.15, 0.2) is 11.6 Å². The van der Waals surface area contributed by atoms with E-state index in [1.165, 1.54) is 51.4 Å². The molecule has 1 saturated carbocycles. The van der Waals surface area contributed by atoms with Crippen molar-refractivity contribution in [3.63, 3.8) is 0 Å². The molecule has 74 valence electrons. The van der Waals surface area contributed by atoms with E-state index in [4.69, 9.17) is 0 Å². The van der Waals surface area contributed by atoms with Crippen LogP contribution in [0, 0.1) is 11.8 Å². The van der Waals surface area contributed by atoms with E-state index in [0.717, 1.165) is 11.8 Å². The molecule has 0 aromatic carbocycles. The van der Waals surface area contributed by atoms with Gasteiger partial charge in [0.25, 0.3) is 0 Å². The van der Waals surface area contributed by atoms with Crippen LogP contribution < -0.4 is 0 Å². The van der Waals surface area contributed by atoms with Crippen LogP contribution in [0.3, 0.4) is 0 Å². The van der Waals surface area contributed by atoms with Gasteiger partial charge in [-0.1, -0.05) is 37.8 Å². The smallest absolute Gasteiger partial charge is 0.0203 e. The summed E-state index contributed by atoms with van der Waals surface area (Å²) in [4.78, 5) is 0. The van der Waals surface area contributed by atoms with Crippen molar-refractivity contribution in [3.8, 4) is 0 Å². The Bertz CT molecular complexity index is 184. The Kier molecular flexibility index (Phi) is 3.08. The highest BCUT2D eigenvalue weighted by Gasteiger charge is 2.21. The first-order valence-corrected chi connectivity index (χ1v) is 6.05. The minimum Gasteiger partial charge on any atom is -0.0850 e. The Labute approximate surface area is 82.4 Å². The molecule has 0 bridgehead atoms. The largest absolute Gasteiger partial charge is 0.0850 e. The molecule has 13 heavy (non-hydrogen) atoms. The Morgan fingerprint density at radius 3 is 2.54 bits per heavy atom. The Balaban J connectivity index is 1.94. The second kappa shape index (κ2) is 4.30. The van der Waals surface area contributed by atoms with Gasteiger partial charge in [-0.3, -0.25) is 0 Å². The SMILES string of the molecule is CC1CCC=C(C2CCCCC2)C1. The summed E-state index contributed by atoms with van der Waals surface area (Å²) in [5, 5.41) is 0. The summed E-state index contributed by atoms with van der Waals surface area (Å²) in [5.74, 6) is 1.94. The maximum Gasteiger partial charge on any atom is -0.0203 e. The zero-order valence-electron chi connectivity index (χ0n) is 8.89. The lowest BCUT2D eigenvalue weighted by Crippen LogP contribution is -2.14. The Hall–Kier alpha value is -0.260. The van der Waals surface area contributed by atoms with E-state index in [2.05, 4.69) is 13.0 Å². The van der Waals surface area contributed by atoms with Crippen LogP contribution in [-0.2, 0) is 0 Å². The molecule has 0 amide bonds.